The van der Waals surface area contributed by atoms with Crippen LogP contribution in [0.3, 0.4) is 0 Å². The summed E-state index contributed by atoms with van der Waals surface area (Å²) in [6, 6.07) is 27.3. The molecule has 5 rings (SSSR count). The van der Waals surface area contributed by atoms with Gasteiger partial charge in [0.1, 0.15) is 6.54 Å². The van der Waals surface area contributed by atoms with E-state index in [9.17, 15) is 4.79 Å². The van der Waals surface area contributed by atoms with Crippen LogP contribution in [0.1, 0.15) is 23.5 Å². The Balaban J connectivity index is 1.50. The first kappa shape index (κ1) is 23.6. The molecule has 0 aliphatic carbocycles. The molecule has 4 aromatic rings. The van der Waals surface area contributed by atoms with Gasteiger partial charge in [0.25, 0.3) is 0 Å². The Hall–Kier alpha value is -4.17. The Morgan fingerprint density at radius 1 is 1.00 bits per heavy atom. The third-order valence-corrected chi connectivity index (χ3v) is 6.65. The first-order valence-electron chi connectivity index (χ1n) is 11.8. The molecule has 3 heterocycles. The van der Waals surface area contributed by atoms with E-state index in [0.29, 0.717) is 5.11 Å². The van der Waals surface area contributed by atoms with Gasteiger partial charge in [-0.25, -0.2) is 0 Å². The van der Waals surface area contributed by atoms with E-state index in [1.54, 1.807) is 6.20 Å². The first-order chi connectivity index (χ1) is 17.5. The molecule has 0 saturated carbocycles. The highest BCUT2D eigenvalue weighted by atomic mass is 32.1. The van der Waals surface area contributed by atoms with Gasteiger partial charge in [0.05, 0.1) is 17.8 Å². The van der Waals surface area contributed by atoms with Crippen LogP contribution in [0.5, 0.6) is 0 Å². The van der Waals surface area contributed by atoms with E-state index in [1.807, 2.05) is 79.8 Å². The Bertz CT molecular complexity index is 1340. The summed E-state index contributed by atoms with van der Waals surface area (Å²) in [5.41, 5.74) is 4.80. The molecule has 2 aromatic heterocycles. The van der Waals surface area contributed by atoms with E-state index in [2.05, 4.69) is 55.4 Å². The van der Waals surface area contributed by atoms with Crippen molar-refractivity contribution in [3.05, 3.63) is 109 Å². The van der Waals surface area contributed by atoms with Gasteiger partial charge in [-0.1, -0.05) is 24.3 Å². The molecule has 0 spiro atoms. The number of nitrogens with zero attached hydrogens (tertiary/aromatic N) is 4. The van der Waals surface area contributed by atoms with E-state index < -0.39 is 0 Å². The minimum absolute atomic E-state index is 0.111. The molecule has 1 amide bonds. The van der Waals surface area contributed by atoms with Crippen molar-refractivity contribution >= 4 is 34.6 Å². The average Bonchev–Trinajstić information content (AvgIpc) is 3.50. The number of pyridine rings is 1. The number of nitrogens with one attached hydrogen (secondary N) is 2. The van der Waals surface area contributed by atoms with Gasteiger partial charge in [0.15, 0.2) is 5.11 Å². The number of anilines is 2. The van der Waals surface area contributed by atoms with Gasteiger partial charge < -0.3 is 25.0 Å². The standard InChI is InChI=1S/C28H28N6OS/c1-32(2)21-13-15-22(16-14-21)33-18-8-12-24(33)27-26(23-11-6-7-17-29-23)31-28(36)34(27)19-25(35)30-20-9-4-3-5-10-20/h3-18,26-27H,19H2,1-2H3,(H,30,35)(H,31,36). The van der Waals surface area contributed by atoms with Crippen LogP contribution in [-0.4, -0.2) is 46.1 Å². The van der Waals surface area contributed by atoms with Crippen molar-refractivity contribution in [3.8, 4) is 5.69 Å². The normalized spacial score (nSPS) is 17.1. The van der Waals surface area contributed by atoms with Crippen LogP contribution in [0.4, 0.5) is 11.4 Å². The Labute approximate surface area is 216 Å². The van der Waals surface area contributed by atoms with Crippen LogP contribution in [0.15, 0.2) is 97.3 Å². The molecule has 36 heavy (non-hydrogen) atoms. The largest absolute Gasteiger partial charge is 0.378 e. The molecule has 7 nitrogen and oxygen atoms in total. The molecule has 2 aromatic carbocycles. The molecule has 1 aliphatic rings. The Morgan fingerprint density at radius 3 is 2.44 bits per heavy atom. The number of hydrogen-bond donors (Lipinski definition) is 2. The number of rotatable bonds is 7. The van der Waals surface area contributed by atoms with Crippen LogP contribution in [0.25, 0.3) is 5.69 Å². The van der Waals surface area contributed by atoms with Crippen LogP contribution in [0, 0.1) is 0 Å². The van der Waals surface area contributed by atoms with Crippen molar-refractivity contribution < 1.29 is 4.79 Å². The molecule has 0 bridgehead atoms. The van der Waals surface area contributed by atoms with Crippen molar-refractivity contribution in [1.82, 2.24) is 19.8 Å². The summed E-state index contributed by atoms with van der Waals surface area (Å²) in [4.78, 5) is 21.7. The molecular weight excluding hydrogens is 468 g/mol. The van der Waals surface area contributed by atoms with Crippen LogP contribution < -0.4 is 15.5 Å². The van der Waals surface area contributed by atoms with Gasteiger partial charge in [-0.05, 0) is 72.9 Å². The lowest BCUT2D eigenvalue weighted by atomic mass is 10.0. The maximum Gasteiger partial charge on any atom is 0.244 e. The van der Waals surface area contributed by atoms with E-state index in [4.69, 9.17) is 12.2 Å². The van der Waals surface area contributed by atoms with Crippen molar-refractivity contribution in [2.24, 2.45) is 0 Å². The molecule has 8 heteroatoms. The minimum atomic E-state index is -0.238. The summed E-state index contributed by atoms with van der Waals surface area (Å²) in [6.45, 7) is 0.111. The summed E-state index contributed by atoms with van der Waals surface area (Å²) in [7, 11) is 4.05. The highest BCUT2D eigenvalue weighted by molar-refractivity contribution is 7.80. The van der Waals surface area contributed by atoms with E-state index >= 15 is 0 Å². The van der Waals surface area contributed by atoms with E-state index in [0.717, 1.165) is 28.5 Å². The minimum Gasteiger partial charge on any atom is -0.378 e. The summed E-state index contributed by atoms with van der Waals surface area (Å²) < 4.78 is 2.15. The first-order valence-corrected chi connectivity index (χ1v) is 12.2. The molecule has 1 aliphatic heterocycles. The number of carbonyl (C=O) groups excluding carboxylic acids is 1. The number of benzene rings is 2. The zero-order valence-electron chi connectivity index (χ0n) is 20.2. The second-order valence-electron chi connectivity index (χ2n) is 8.88. The fraction of sp³-hybridized carbons (Fsp3) is 0.179. The molecule has 2 unspecified atom stereocenters. The van der Waals surface area contributed by atoms with E-state index in [1.165, 1.54) is 0 Å². The average molecular weight is 497 g/mol. The quantitative estimate of drug-likeness (QED) is 0.366. The summed E-state index contributed by atoms with van der Waals surface area (Å²) in [5.74, 6) is -0.134. The molecular formula is C28H28N6OS. The molecule has 182 valence electrons. The Kier molecular flexibility index (Phi) is 6.69. The third-order valence-electron chi connectivity index (χ3n) is 6.30. The van der Waals surface area contributed by atoms with Crippen LogP contribution >= 0.6 is 12.2 Å². The zero-order chi connectivity index (χ0) is 25.1. The molecule has 1 saturated heterocycles. The van der Waals surface area contributed by atoms with Gasteiger partial charge in [0, 0.05) is 49.2 Å². The number of amides is 1. The highest BCUT2D eigenvalue weighted by Crippen LogP contribution is 2.39. The monoisotopic (exact) mass is 496 g/mol. The van der Waals surface area contributed by atoms with Gasteiger partial charge in [-0.3, -0.25) is 9.78 Å². The number of thiocarbonyl (C=S) groups is 1. The SMILES string of the molecule is CN(C)c1ccc(-n2cccc2C2C(c3ccccn3)NC(=S)N2CC(=O)Nc2ccccc2)cc1. The third kappa shape index (κ3) is 4.81. The number of para-hydroxylation sites is 1. The van der Waals surface area contributed by atoms with Gasteiger partial charge in [0.2, 0.25) is 5.91 Å². The zero-order valence-corrected chi connectivity index (χ0v) is 21.0. The van der Waals surface area contributed by atoms with Gasteiger partial charge >= 0.3 is 0 Å². The van der Waals surface area contributed by atoms with Crippen molar-refractivity contribution in [2.75, 3.05) is 30.9 Å². The lowest BCUT2D eigenvalue weighted by Gasteiger charge is -2.28. The lowest BCUT2D eigenvalue weighted by Crippen LogP contribution is -2.37. The van der Waals surface area contributed by atoms with Gasteiger partial charge in [-0.2, -0.15) is 0 Å². The topological polar surface area (TPSA) is 65.4 Å². The smallest absolute Gasteiger partial charge is 0.244 e. The molecule has 2 atom stereocenters. The van der Waals surface area contributed by atoms with Crippen molar-refractivity contribution in [3.63, 3.8) is 0 Å². The molecule has 1 fully saturated rings. The highest BCUT2D eigenvalue weighted by Gasteiger charge is 2.42. The molecule has 2 N–H and O–H groups in total. The predicted octanol–water partition coefficient (Wildman–Crippen LogP) is 4.55. The number of hydrogen-bond acceptors (Lipinski definition) is 4. The van der Waals surface area contributed by atoms with Crippen LogP contribution in [0.2, 0.25) is 0 Å². The van der Waals surface area contributed by atoms with Crippen LogP contribution in [-0.2, 0) is 4.79 Å². The van der Waals surface area contributed by atoms with Gasteiger partial charge in [-0.15, -0.1) is 0 Å². The summed E-state index contributed by atoms with van der Waals surface area (Å²) >= 11 is 5.75. The number of aromatic nitrogens is 2. The summed E-state index contributed by atoms with van der Waals surface area (Å²) in [5, 5.41) is 6.93. The fourth-order valence-corrected chi connectivity index (χ4v) is 4.86. The fourth-order valence-electron chi connectivity index (χ4n) is 4.56. The lowest BCUT2D eigenvalue weighted by molar-refractivity contribution is -0.116. The van der Waals surface area contributed by atoms with Crippen molar-refractivity contribution in [1.29, 1.82) is 0 Å². The maximum atomic E-state index is 13.1. The molecule has 0 radical (unpaired) electrons. The second kappa shape index (κ2) is 10.2. The maximum absolute atomic E-state index is 13.1. The van der Waals surface area contributed by atoms with E-state index in [-0.39, 0.29) is 24.5 Å². The van der Waals surface area contributed by atoms with Crippen molar-refractivity contribution in [2.45, 2.75) is 12.1 Å². The summed E-state index contributed by atoms with van der Waals surface area (Å²) in [6.07, 6.45) is 3.82. The number of carbonyl (C=O) groups is 1. The Morgan fingerprint density at radius 2 is 1.75 bits per heavy atom. The predicted molar refractivity (Wildman–Crippen MR) is 147 cm³/mol. The second-order valence-corrected chi connectivity index (χ2v) is 9.27.